The van der Waals surface area contributed by atoms with E-state index in [9.17, 15) is 14.4 Å². The largest absolute Gasteiger partial charge is 0.294 e. The average molecular weight is 230 g/mol. The minimum absolute atomic E-state index is 0.0597. The zero-order valence-corrected chi connectivity index (χ0v) is 10.1. The van der Waals surface area contributed by atoms with Crippen molar-refractivity contribution in [3.05, 3.63) is 47.0 Å². The number of hydrogen-bond donors (Lipinski definition) is 0. The van der Waals surface area contributed by atoms with Gasteiger partial charge in [-0.15, -0.1) is 0 Å². The van der Waals surface area contributed by atoms with Gasteiger partial charge in [-0.05, 0) is 20.8 Å². The van der Waals surface area contributed by atoms with Gasteiger partial charge in [-0.1, -0.05) is 29.8 Å². The average Bonchev–Trinajstić information content (AvgIpc) is 2.25. The Morgan fingerprint density at radius 3 is 1.82 bits per heavy atom. The molecule has 0 bridgehead atoms. The molecule has 0 aliphatic rings. The van der Waals surface area contributed by atoms with E-state index in [2.05, 4.69) is 0 Å². The van der Waals surface area contributed by atoms with Crippen LogP contribution in [0.5, 0.6) is 0 Å². The molecular weight excluding hydrogens is 216 g/mol. The number of benzene rings is 1. The summed E-state index contributed by atoms with van der Waals surface area (Å²) in [4.78, 5) is 34.1. The molecule has 3 heteroatoms. The van der Waals surface area contributed by atoms with E-state index >= 15 is 0 Å². The zero-order chi connectivity index (χ0) is 13.0. The molecule has 0 unspecified atom stereocenters. The highest BCUT2D eigenvalue weighted by atomic mass is 16.2. The van der Waals surface area contributed by atoms with Crippen LogP contribution >= 0.6 is 0 Å². The van der Waals surface area contributed by atoms with Crippen LogP contribution in [-0.2, 0) is 9.59 Å². The van der Waals surface area contributed by atoms with Crippen LogP contribution in [-0.4, -0.2) is 17.3 Å². The quantitative estimate of drug-likeness (QED) is 0.345. The number of carbonyl (C=O) groups excluding carboxylic acids is 3. The lowest BCUT2D eigenvalue weighted by molar-refractivity contribution is -0.119. The molecule has 1 aromatic rings. The van der Waals surface area contributed by atoms with Crippen molar-refractivity contribution in [2.24, 2.45) is 0 Å². The van der Waals surface area contributed by atoms with Gasteiger partial charge in [0, 0.05) is 11.6 Å². The summed E-state index contributed by atoms with van der Waals surface area (Å²) in [6.45, 7) is 4.46. The molecule has 0 radical (unpaired) electrons. The van der Waals surface area contributed by atoms with Gasteiger partial charge in [0.05, 0.1) is 5.57 Å². The number of aryl methyl sites for hydroxylation is 1. The molecule has 0 N–H and O–H groups in total. The highest BCUT2D eigenvalue weighted by Crippen LogP contribution is 2.07. The molecular formula is C14H14O3. The minimum atomic E-state index is -0.391. The van der Waals surface area contributed by atoms with Gasteiger partial charge in [0.2, 0.25) is 0 Å². The third kappa shape index (κ3) is 3.48. The van der Waals surface area contributed by atoms with Crippen molar-refractivity contribution in [1.29, 1.82) is 0 Å². The van der Waals surface area contributed by atoms with Gasteiger partial charge in [0.25, 0.3) is 0 Å². The minimum Gasteiger partial charge on any atom is -0.294 e. The first kappa shape index (κ1) is 13.0. The fourth-order valence-corrected chi connectivity index (χ4v) is 1.38. The van der Waals surface area contributed by atoms with E-state index in [1.165, 1.54) is 13.8 Å². The van der Waals surface area contributed by atoms with Crippen molar-refractivity contribution in [2.45, 2.75) is 20.8 Å². The topological polar surface area (TPSA) is 51.2 Å². The highest BCUT2D eigenvalue weighted by Gasteiger charge is 2.12. The molecule has 0 heterocycles. The van der Waals surface area contributed by atoms with Crippen LogP contribution in [0.25, 0.3) is 0 Å². The van der Waals surface area contributed by atoms with E-state index in [0.29, 0.717) is 5.56 Å². The van der Waals surface area contributed by atoms with Crippen molar-refractivity contribution >= 4 is 17.3 Å². The number of hydrogen-bond acceptors (Lipinski definition) is 3. The molecule has 0 fully saturated rings. The Hall–Kier alpha value is -2.03. The summed E-state index contributed by atoms with van der Waals surface area (Å²) in [5.41, 5.74) is 1.45. The van der Waals surface area contributed by atoms with Crippen LogP contribution in [0.2, 0.25) is 0 Å². The van der Waals surface area contributed by atoms with Gasteiger partial charge in [0.1, 0.15) is 0 Å². The first-order valence-electron chi connectivity index (χ1n) is 5.26. The highest BCUT2D eigenvalue weighted by molar-refractivity contribution is 6.23. The second-order valence-electron chi connectivity index (χ2n) is 3.90. The molecule has 88 valence electrons. The van der Waals surface area contributed by atoms with Crippen LogP contribution in [0.15, 0.2) is 35.9 Å². The first-order valence-corrected chi connectivity index (χ1v) is 5.26. The third-order valence-corrected chi connectivity index (χ3v) is 2.37. The summed E-state index contributed by atoms with van der Waals surface area (Å²) >= 11 is 0. The van der Waals surface area contributed by atoms with Gasteiger partial charge in [0.15, 0.2) is 17.3 Å². The molecule has 17 heavy (non-hydrogen) atoms. The van der Waals surface area contributed by atoms with Crippen LogP contribution in [0.4, 0.5) is 0 Å². The Bertz CT molecular complexity index is 477. The Labute approximate surface area is 100 Å². The number of rotatable bonds is 4. The Kier molecular flexibility index (Phi) is 4.10. The molecule has 0 amide bonds. The van der Waals surface area contributed by atoms with Crippen molar-refractivity contribution in [3.8, 4) is 0 Å². The smallest absolute Gasteiger partial charge is 0.186 e. The normalized spacial score (nSPS) is 9.59. The third-order valence-electron chi connectivity index (χ3n) is 2.37. The summed E-state index contributed by atoms with van der Waals surface area (Å²) in [5, 5.41) is 0. The Balaban J connectivity index is 3.05. The van der Waals surface area contributed by atoms with E-state index < -0.39 is 11.6 Å². The predicted octanol–water partition coefficient (Wildman–Crippen LogP) is 2.28. The number of carbonyl (C=O) groups is 3. The van der Waals surface area contributed by atoms with Crippen LogP contribution in [0, 0.1) is 6.92 Å². The molecule has 0 aliphatic heterocycles. The van der Waals surface area contributed by atoms with Crippen LogP contribution in [0.1, 0.15) is 29.8 Å². The first-order chi connectivity index (χ1) is 7.91. The molecule has 0 spiro atoms. The SMILES string of the molecule is CC(=O)C(=CC(=O)c1ccc(C)cc1)C(C)=O. The van der Waals surface area contributed by atoms with Crippen molar-refractivity contribution in [2.75, 3.05) is 0 Å². The van der Waals surface area contributed by atoms with Crippen molar-refractivity contribution < 1.29 is 14.4 Å². The number of ketones is 3. The molecule has 3 nitrogen and oxygen atoms in total. The Morgan fingerprint density at radius 2 is 1.41 bits per heavy atom. The lowest BCUT2D eigenvalue weighted by Gasteiger charge is -1.99. The lowest BCUT2D eigenvalue weighted by Crippen LogP contribution is -2.09. The molecule has 1 rings (SSSR count). The summed E-state index contributed by atoms with van der Waals surface area (Å²) in [6.07, 6.45) is 1.11. The van der Waals surface area contributed by atoms with E-state index in [4.69, 9.17) is 0 Å². The van der Waals surface area contributed by atoms with Crippen molar-refractivity contribution in [1.82, 2.24) is 0 Å². The second kappa shape index (κ2) is 5.34. The second-order valence-corrected chi connectivity index (χ2v) is 3.90. The molecule has 0 saturated heterocycles. The van der Waals surface area contributed by atoms with E-state index in [1.54, 1.807) is 12.1 Å². The zero-order valence-electron chi connectivity index (χ0n) is 10.1. The van der Waals surface area contributed by atoms with Gasteiger partial charge in [-0.25, -0.2) is 0 Å². The Morgan fingerprint density at radius 1 is 0.941 bits per heavy atom. The van der Waals surface area contributed by atoms with Gasteiger partial charge in [-0.2, -0.15) is 0 Å². The monoisotopic (exact) mass is 230 g/mol. The molecule has 1 aromatic carbocycles. The standard InChI is InChI=1S/C14H14O3/c1-9-4-6-12(7-5-9)14(17)8-13(10(2)15)11(3)16/h4-8H,1-3H3. The van der Waals surface area contributed by atoms with Crippen molar-refractivity contribution in [3.63, 3.8) is 0 Å². The predicted molar refractivity (Wildman–Crippen MR) is 65.0 cm³/mol. The number of Topliss-reactive ketones (excluding diaryl/α,β-unsaturated/α-hetero) is 2. The summed E-state index contributed by atoms with van der Waals surface area (Å²) < 4.78 is 0. The molecule has 0 aliphatic carbocycles. The van der Waals surface area contributed by atoms with Crippen LogP contribution in [0.3, 0.4) is 0 Å². The summed E-state index contributed by atoms with van der Waals surface area (Å²) in [5.74, 6) is -1.11. The fourth-order valence-electron chi connectivity index (χ4n) is 1.38. The maximum Gasteiger partial charge on any atom is 0.186 e. The number of allylic oxidation sites excluding steroid dienone is 2. The fraction of sp³-hybridized carbons (Fsp3) is 0.214. The maximum atomic E-state index is 11.8. The molecule has 0 atom stereocenters. The summed E-state index contributed by atoms with van der Waals surface area (Å²) in [6, 6.07) is 6.96. The van der Waals surface area contributed by atoms with Gasteiger partial charge < -0.3 is 0 Å². The molecule has 0 saturated carbocycles. The van der Waals surface area contributed by atoms with Gasteiger partial charge in [-0.3, -0.25) is 14.4 Å². The van der Waals surface area contributed by atoms with E-state index in [-0.39, 0.29) is 11.4 Å². The maximum absolute atomic E-state index is 11.8. The van der Waals surface area contributed by atoms with Gasteiger partial charge >= 0.3 is 0 Å². The van der Waals surface area contributed by atoms with E-state index in [0.717, 1.165) is 11.6 Å². The van der Waals surface area contributed by atoms with Crippen LogP contribution < -0.4 is 0 Å². The lowest BCUT2D eigenvalue weighted by atomic mass is 10.0. The summed E-state index contributed by atoms with van der Waals surface area (Å²) in [7, 11) is 0. The molecule has 0 aromatic heterocycles. The van der Waals surface area contributed by atoms with E-state index in [1.807, 2.05) is 19.1 Å².